The van der Waals surface area contributed by atoms with Crippen molar-refractivity contribution in [2.75, 3.05) is 33.4 Å². The van der Waals surface area contributed by atoms with Crippen LogP contribution < -0.4 is 14.8 Å². The lowest BCUT2D eigenvalue weighted by atomic mass is 9.98. The van der Waals surface area contributed by atoms with Crippen LogP contribution in [0.1, 0.15) is 43.0 Å². The number of pyridine rings is 1. The molecule has 10 heteroatoms. The van der Waals surface area contributed by atoms with Gasteiger partial charge in [-0.2, -0.15) is 0 Å². The number of benzene rings is 2. The maximum Gasteiger partial charge on any atom is 0.309 e. The highest BCUT2D eigenvalue weighted by molar-refractivity contribution is 6.32. The van der Waals surface area contributed by atoms with Gasteiger partial charge in [0.15, 0.2) is 11.6 Å². The zero-order valence-electron chi connectivity index (χ0n) is 21.1. The Balaban J connectivity index is 1.31. The maximum absolute atomic E-state index is 15.3. The number of alkyl halides is 1. The molecule has 1 fully saturated rings. The van der Waals surface area contributed by atoms with Gasteiger partial charge in [0.25, 0.3) is 0 Å². The average Bonchev–Trinajstić information content (AvgIpc) is 2.93. The molecule has 2 heterocycles. The number of aromatic nitrogens is 1. The third-order valence-electron chi connectivity index (χ3n) is 6.61. The Hall–Kier alpha value is -3.04. The molecular weight excluding hydrogens is 521 g/mol. The lowest BCUT2D eigenvalue weighted by Gasteiger charge is -2.20. The van der Waals surface area contributed by atoms with Crippen molar-refractivity contribution in [1.82, 2.24) is 10.3 Å². The average molecular weight is 551 g/mol. The first-order valence-electron chi connectivity index (χ1n) is 12.6. The summed E-state index contributed by atoms with van der Waals surface area (Å²) in [6, 6.07) is 7.04. The predicted octanol–water partition coefficient (Wildman–Crippen LogP) is 6.13. The van der Waals surface area contributed by atoms with Gasteiger partial charge >= 0.3 is 5.97 Å². The van der Waals surface area contributed by atoms with Gasteiger partial charge in [0.05, 0.1) is 36.8 Å². The number of halogens is 4. The smallest absolute Gasteiger partial charge is 0.309 e. The van der Waals surface area contributed by atoms with Crippen LogP contribution in [0.2, 0.25) is 5.02 Å². The molecule has 6 nitrogen and oxygen atoms in total. The molecule has 0 aliphatic carbocycles. The second-order valence-corrected chi connectivity index (χ2v) is 9.58. The number of fused-ring (bicyclic) bond motifs is 1. The van der Waals surface area contributed by atoms with Crippen LogP contribution in [0.4, 0.5) is 13.2 Å². The molecule has 1 aliphatic heterocycles. The summed E-state index contributed by atoms with van der Waals surface area (Å²) in [6.45, 7) is 1.78. The Kier molecular flexibility index (Phi) is 9.69. The van der Waals surface area contributed by atoms with Crippen molar-refractivity contribution in [3.63, 3.8) is 0 Å². The Morgan fingerprint density at radius 2 is 1.95 bits per heavy atom. The fourth-order valence-electron chi connectivity index (χ4n) is 4.50. The number of nitrogens with zero attached hydrogens (tertiary/aromatic N) is 1. The highest BCUT2D eigenvalue weighted by Gasteiger charge is 2.22. The summed E-state index contributed by atoms with van der Waals surface area (Å²) in [5.41, 5.74) is 0.811. The molecule has 0 radical (unpaired) electrons. The van der Waals surface area contributed by atoms with Crippen molar-refractivity contribution in [2.24, 2.45) is 5.92 Å². The zero-order chi connectivity index (χ0) is 27.1. The molecule has 1 aromatic heterocycles. The molecule has 0 spiro atoms. The molecule has 1 atom stereocenters. The summed E-state index contributed by atoms with van der Waals surface area (Å²) in [5, 5.41) is 3.84. The molecule has 3 aromatic rings. The first-order valence-corrected chi connectivity index (χ1v) is 13.0. The normalized spacial score (nSPS) is 14.9. The van der Waals surface area contributed by atoms with E-state index in [9.17, 15) is 13.6 Å². The van der Waals surface area contributed by atoms with Gasteiger partial charge in [0, 0.05) is 29.6 Å². The summed E-state index contributed by atoms with van der Waals surface area (Å²) < 4.78 is 60.5. The molecule has 4 rings (SSSR count). The number of carbonyl (C=O) groups excluding carboxylic acids is 1. The van der Waals surface area contributed by atoms with E-state index in [0.29, 0.717) is 23.1 Å². The number of aryl methyl sites for hydroxylation is 1. The van der Waals surface area contributed by atoms with Crippen LogP contribution in [0, 0.1) is 17.6 Å². The van der Waals surface area contributed by atoms with Crippen LogP contribution in [0.15, 0.2) is 36.5 Å². The third-order valence-corrected chi connectivity index (χ3v) is 6.91. The minimum Gasteiger partial charge on any atom is -0.497 e. The van der Waals surface area contributed by atoms with Crippen molar-refractivity contribution in [3.8, 4) is 11.5 Å². The Morgan fingerprint density at radius 1 is 1.16 bits per heavy atom. The topological polar surface area (TPSA) is 69.7 Å². The van der Waals surface area contributed by atoms with Crippen LogP contribution in [0.5, 0.6) is 11.5 Å². The minimum atomic E-state index is -1.54. The van der Waals surface area contributed by atoms with Crippen molar-refractivity contribution < 1.29 is 32.2 Å². The summed E-state index contributed by atoms with van der Waals surface area (Å²) in [6.07, 6.45) is 1.50. The van der Waals surface area contributed by atoms with E-state index in [-0.39, 0.29) is 59.8 Å². The van der Waals surface area contributed by atoms with Gasteiger partial charge in [0.1, 0.15) is 17.7 Å². The summed E-state index contributed by atoms with van der Waals surface area (Å²) in [7, 11) is 1.50. The first-order chi connectivity index (χ1) is 18.4. The van der Waals surface area contributed by atoms with E-state index in [1.54, 1.807) is 18.2 Å². The fraction of sp³-hybridized carbons (Fsp3) is 0.429. The van der Waals surface area contributed by atoms with Gasteiger partial charge in [-0.1, -0.05) is 11.6 Å². The summed E-state index contributed by atoms with van der Waals surface area (Å²) in [5.74, 6) is -1.50. The van der Waals surface area contributed by atoms with E-state index in [0.717, 1.165) is 38.1 Å². The SMILES string of the molecule is COc1ccc2ncc(Cl)c(C(F)CCc3cc(F)c(OCCCOC(=O)C4CCNCC4)cc3F)c2c1. The zero-order valence-corrected chi connectivity index (χ0v) is 21.8. The second-order valence-electron chi connectivity index (χ2n) is 9.18. The maximum atomic E-state index is 15.3. The monoisotopic (exact) mass is 550 g/mol. The first kappa shape index (κ1) is 28.0. The molecule has 0 amide bonds. The molecule has 1 unspecified atom stereocenters. The van der Waals surface area contributed by atoms with Gasteiger partial charge in [0.2, 0.25) is 0 Å². The number of piperidine rings is 1. The van der Waals surface area contributed by atoms with Crippen LogP contribution >= 0.6 is 11.6 Å². The predicted molar refractivity (Wildman–Crippen MR) is 138 cm³/mol. The van der Waals surface area contributed by atoms with E-state index in [2.05, 4.69) is 10.3 Å². The highest BCUT2D eigenvalue weighted by atomic mass is 35.5. The van der Waals surface area contributed by atoms with Gasteiger partial charge in [-0.3, -0.25) is 9.78 Å². The number of ether oxygens (including phenoxy) is 3. The van der Waals surface area contributed by atoms with Crippen LogP contribution in [-0.4, -0.2) is 44.4 Å². The number of carbonyl (C=O) groups is 1. The molecule has 1 saturated heterocycles. The molecule has 204 valence electrons. The number of nitrogens with one attached hydrogen (secondary N) is 1. The standard InChI is InChI=1S/C28H30ClF3N2O4/c1-36-19-4-6-25-20(14-19)27(21(29)16-34-25)22(30)5-3-18-13-24(32)26(15-23(18)31)37-11-2-12-38-28(35)17-7-9-33-10-8-17/h4,6,13-17,22,33H,2-3,5,7-12H2,1H3. The Labute approximate surface area is 224 Å². The van der Waals surface area contributed by atoms with E-state index >= 15 is 4.39 Å². The van der Waals surface area contributed by atoms with E-state index in [1.165, 1.54) is 13.3 Å². The number of rotatable bonds is 11. The molecule has 2 aromatic carbocycles. The summed E-state index contributed by atoms with van der Waals surface area (Å²) in [4.78, 5) is 16.3. The third kappa shape index (κ3) is 6.88. The fourth-order valence-corrected chi connectivity index (χ4v) is 4.77. The van der Waals surface area contributed by atoms with Crippen molar-refractivity contribution in [3.05, 3.63) is 64.3 Å². The van der Waals surface area contributed by atoms with E-state index < -0.39 is 17.8 Å². The van der Waals surface area contributed by atoms with Gasteiger partial charge in [-0.05, 0) is 68.6 Å². The van der Waals surface area contributed by atoms with Crippen LogP contribution in [0.3, 0.4) is 0 Å². The van der Waals surface area contributed by atoms with Crippen LogP contribution in [0.25, 0.3) is 10.9 Å². The van der Waals surface area contributed by atoms with Gasteiger partial charge in [-0.15, -0.1) is 0 Å². The number of methoxy groups -OCH3 is 1. The molecule has 0 bridgehead atoms. The quantitative estimate of drug-likeness (QED) is 0.229. The highest BCUT2D eigenvalue weighted by Crippen LogP contribution is 2.36. The number of hydrogen-bond donors (Lipinski definition) is 1. The molecule has 1 N–H and O–H groups in total. The minimum absolute atomic E-state index is 0.0282. The lowest BCUT2D eigenvalue weighted by Crippen LogP contribution is -2.32. The molecular formula is C28H30ClF3N2O4. The second kappa shape index (κ2) is 13.2. The van der Waals surface area contributed by atoms with Crippen molar-refractivity contribution >= 4 is 28.5 Å². The Morgan fingerprint density at radius 3 is 2.71 bits per heavy atom. The molecule has 38 heavy (non-hydrogen) atoms. The molecule has 0 saturated carbocycles. The van der Waals surface area contributed by atoms with Crippen molar-refractivity contribution in [1.29, 1.82) is 0 Å². The molecule has 1 aliphatic rings. The van der Waals surface area contributed by atoms with Gasteiger partial charge in [-0.25, -0.2) is 13.2 Å². The van der Waals surface area contributed by atoms with Crippen LogP contribution in [-0.2, 0) is 16.0 Å². The lowest BCUT2D eigenvalue weighted by molar-refractivity contribution is -0.149. The number of esters is 1. The van der Waals surface area contributed by atoms with E-state index in [4.69, 9.17) is 25.8 Å². The summed E-state index contributed by atoms with van der Waals surface area (Å²) >= 11 is 6.26. The van der Waals surface area contributed by atoms with Gasteiger partial charge < -0.3 is 19.5 Å². The largest absolute Gasteiger partial charge is 0.497 e. The van der Waals surface area contributed by atoms with E-state index in [1.807, 2.05) is 0 Å². The Bertz CT molecular complexity index is 1270. The van der Waals surface area contributed by atoms with Crippen molar-refractivity contribution in [2.45, 2.75) is 38.3 Å². The number of hydrogen-bond acceptors (Lipinski definition) is 6.